The first-order valence-corrected chi connectivity index (χ1v) is 8.71. The van der Waals surface area contributed by atoms with E-state index in [-0.39, 0.29) is 24.8 Å². The van der Waals surface area contributed by atoms with Crippen molar-refractivity contribution in [1.82, 2.24) is 5.01 Å². The van der Waals surface area contributed by atoms with Crippen LogP contribution in [0.1, 0.15) is 35.7 Å². The SMILES string of the molecule is O=C(O)CCC(=O)N1N=C(c2cccs2)CC1c1ccccc1Cl. The second kappa shape index (κ2) is 7.15. The molecule has 1 aromatic carbocycles. The van der Waals surface area contributed by atoms with Gasteiger partial charge in [-0.1, -0.05) is 35.9 Å². The van der Waals surface area contributed by atoms with Crippen molar-refractivity contribution in [3.63, 3.8) is 0 Å². The maximum Gasteiger partial charge on any atom is 0.303 e. The average molecular weight is 363 g/mol. The largest absolute Gasteiger partial charge is 0.481 e. The topological polar surface area (TPSA) is 70.0 Å². The van der Waals surface area contributed by atoms with Gasteiger partial charge in [0, 0.05) is 17.9 Å². The third-order valence-corrected chi connectivity index (χ3v) is 5.05. The first-order valence-electron chi connectivity index (χ1n) is 7.46. The predicted octanol–water partition coefficient (Wildman–Crippen LogP) is 3.94. The quantitative estimate of drug-likeness (QED) is 0.875. The monoisotopic (exact) mass is 362 g/mol. The minimum Gasteiger partial charge on any atom is -0.481 e. The third kappa shape index (κ3) is 3.49. The number of carboxylic acid groups (broad SMARTS) is 1. The van der Waals surface area contributed by atoms with E-state index < -0.39 is 5.97 Å². The van der Waals surface area contributed by atoms with Gasteiger partial charge < -0.3 is 5.11 Å². The summed E-state index contributed by atoms with van der Waals surface area (Å²) in [5.74, 6) is -1.31. The number of amides is 1. The lowest BCUT2D eigenvalue weighted by molar-refractivity contribution is -0.141. The lowest BCUT2D eigenvalue weighted by atomic mass is 10.0. The van der Waals surface area contributed by atoms with E-state index in [1.54, 1.807) is 17.4 Å². The van der Waals surface area contributed by atoms with Crippen molar-refractivity contribution in [2.24, 2.45) is 5.10 Å². The summed E-state index contributed by atoms with van der Waals surface area (Å²) in [7, 11) is 0. The number of aliphatic carboxylic acids is 1. The number of carbonyl (C=O) groups excluding carboxylic acids is 1. The van der Waals surface area contributed by atoms with Gasteiger partial charge in [-0.25, -0.2) is 5.01 Å². The maximum atomic E-state index is 12.5. The smallest absolute Gasteiger partial charge is 0.303 e. The molecule has 124 valence electrons. The van der Waals surface area contributed by atoms with E-state index in [9.17, 15) is 9.59 Å². The Balaban J connectivity index is 1.91. The predicted molar refractivity (Wildman–Crippen MR) is 93.4 cm³/mol. The number of hydrogen-bond donors (Lipinski definition) is 1. The molecule has 2 heterocycles. The van der Waals surface area contributed by atoms with E-state index in [1.165, 1.54) is 5.01 Å². The normalized spacial score (nSPS) is 17.0. The second-order valence-electron chi connectivity index (χ2n) is 5.40. The van der Waals surface area contributed by atoms with Gasteiger partial charge in [-0.15, -0.1) is 11.3 Å². The van der Waals surface area contributed by atoms with Crippen LogP contribution in [0.4, 0.5) is 0 Å². The van der Waals surface area contributed by atoms with Gasteiger partial charge in [0.05, 0.1) is 23.1 Å². The molecule has 0 radical (unpaired) electrons. The summed E-state index contributed by atoms with van der Waals surface area (Å²) in [5.41, 5.74) is 1.64. The minimum absolute atomic E-state index is 0.0858. The molecule has 0 saturated carbocycles. The van der Waals surface area contributed by atoms with Crippen molar-refractivity contribution in [2.45, 2.75) is 25.3 Å². The van der Waals surface area contributed by atoms with Gasteiger partial charge >= 0.3 is 5.97 Å². The van der Waals surface area contributed by atoms with E-state index in [2.05, 4.69) is 5.10 Å². The second-order valence-corrected chi connectivity index (χ2v) is 6.75. The minimum atomic E-state index is -1.00. The molecule has 1 aliphatic heterocycles. The van der Waals surface area contributed by atoms with Crippen LogP contribution in [0.15, 0.2) is 46.9 Å². The van der Waals surface area contributed by atoms with Crippen molar-refractivity contribution in [3.8, 4) is 0 Å². The van der Waals surface area contributed by atoms with Gasteiger partial charge in [-0.05, 0) is 23.1 Å². The molecule has 0 aliphatic carbocycles. The zero-order valence-corrected chi connectivity index (χ0v) is 14.3. The van der Waals surface area contributed by atoms with E-state index in [1.807, 2.05) is 35.7 Å². The highest BCUT2D eigenvalue weighted by Gasteiger charge is 2.34. The Morgan fingerprint density at radius 1 is 1.25 bits per heavy atom. The molecule has 0 fully saturated rings. The number of carbonyl (C=O) groups is 2. The Hall–Kier alpha value is -2.18. The summed E-state index contributed by atoms with van der Waals surface area (Å²) < 4.78 is 0. The Morgan fingerprint density at radius 2 is 2.04 bits per heavy atom. The van der Waals surface area contributed by atoms with Crippen LogP contribution < -0.4 is 0 Å². The lowest BCUT2D eigenvalue weighted by Gasteiger charge is -2.22. The fourth-order valence-electron chi connectivity index (χ4n) is 2.65. The number of nitrogens with zero attached hydrogens (tertiary/aromatic N) is 2. The van der Waals surface area contributed by atoms with Crippen molar-refractivity contribution in [1.29, 1.82) is 0 Å². The van der Waals surface area contributed by atoms with E-state index in [0.29, 0.717) is 11.4 Å². The Kier molecular flexibility index (Phi) is 4.97. The molecular weight excluding hydrogens is 348 g/mol. The fourth-order valence-corrected chi connectivity index (χ4v) is 3.63. The van der Waals surface area contributed by atoms with Gasteiger partial charge in [-0.2, -0.15) is 5.10 Å². The molecular formula is C17H15ClN2O3S. The van der Waals surface area contributed by atoms with Crippen molar-refractivity contribution in [2.75, 3.05) is 0 Å². The molecule has 0 spiro atoms. The van der Waals surface area contributed by atoms with E-state index in [0.717, 1.165) is 16.2 Å². The average Bonchev–Trinajstić information content (AvgIpc) is 3.22. The standard InChI is InChI=1S/C17H15ClN2O3S/c18-12-5-2-1-4-11(12)14-10-13(15-6-3-9-24-15)19-20(14)16(21)7-8-17(22)23/h1-6,9,14H,7-8,10H2,(H,22,23). The molecule has 1 N–H and O–H groups in total. The van der Waals surface area contributed by atoms with Crippen molar-refractivity contribution < 1.29 is 14.7 Å². The zero-order valence-electron chi connectivity index (χ0n) is 12.7. The fraction of sp³-hybridized carbons (Fsp3) is 0.235. The molecule has 7 heteroatoms. The van der Waals surface area contributed by atoms with Crippen molar-refractivity contribution >= 4 is 40.5 Å². The number of hydrogen-bond acceptors (Lipinski definition) is 4. The third-order valence-electron chi connectivity index (χ3n) is 3.79. The van der Waals surface area contributed by atoms with Crippen LogP contribution in [-0.4, -0.2) is 27.7 Å². The molecule has 1 aliphatic rings. The molecule has 1 aromatic heterocycles. The highest BCUT2D eigenvalue weighted by molar-refractivity contribution is 7.12. The highest BCUT2D eigenvalue weighted by Crippen LogP contribution is 2.37. The molecule has 1 atom stereocenters. The van der Waals surface area contributed by atoms with Gasteiger partial charge in [0.1, 0.15) is 0 Å². The molecule has 1 amide bonds. The molecule has 24 heavy (non-hydrogen) atoms. The summed E-state index contributed by atoms with van der Waals surface area (Å²) in [6.45, 7) is 0. The van der Waals surface area contributed by atoms with Gasteiger partial charge in [0.2, 0.25) is 5.91 Å². The highest BCUT2D eigenvalue weighted by atomic mass is 35.5. The summed E-state index contributed by atoms with van der Waals surface area (Å²) in [6, 6.07) is 10.9. The molecule has 5 nitrogen and oxygen atoms in total. The summed E-state index contributed by atoms with van der Waals surface area (Å²) in [5, 5.41) is 17.2. The first-order chi connectivity index (χ1) is 11.6. The number of benzene rings is 1. The van der Waals surface area contributed by atoms with Crippen LogP contribution in [-0.2, 0) is 9.59 Å². The Bertz CT molecular complexity index is 789. The number of carboxylic acids is 1. The molecule has 3 rings (SSSR count). The zero-order chi connectivity index (χ0) is 17.1. The van der Waals surface area contributed by atoms with E-state index in [4.69, 9.17) is 16.7 Å². The first kappa shape index (κ1) is 16.7. The van der Waals surface area contributed by atoms with Crippen LogP contribution >= 0.6 is 22.9 Å². The summed E-state index contributed by atoms with van der Waals surface area (Å²) >= 11 is 7.85. The Morgan fingerprint density at radius 3 is 2.71 bits per heavy atom. The molecule has 0 bridgehead atoms. The van der Waals surface area contributed by atoms with Gasteiger partial charge in [-0.3, -0.25) is 9.59 Å². The lowest BCUT2D eigenvalue weighted by Crippen LogP contribution is -2.27. The summed E-state index contributed by atoms with van der Waals surface area (Å²) in [6.07, 6.45) is 0.259. The molecule has 1 unspecified atom stereocenters. The maximum absolute atomic E-state index is 12.5. The number of thiophene rings is 1. The summed E-state index contributed by atoms with van der Waals surface area (Å²) in [4.78, 5) is 24.2. The number of rotatable bonds is 5. The van der Waals surface area contributed by atoms with Crippen LogP contribution in [0.5, 0.6) is 0 Å². The Labute approximate surface area is 148 Å². The van der Waals surface area contributed by atoms with Crippen molar-refractivity contribution in [3.05, 3.63) is 57.2 Å². The van der Waals surface area contributed by atoms with Gasteiger partial charge in [0.15, 0.2) is 0 Å². The van der Waals surface area contributed by atoms with Gasteiger partial charge in [0.25, 0.3) is 0 Å². The van der Waals surface area contributed by atoms with Crippen LogP contribution in [0.3, 0.4) is 0 Å². The van der Waals surface area contributed by atoms with Crippen LogP contribution in [0.2, 0.25) is 5.02 Å². The molecule has 2 aromatic rings. The van der Waals surface area contributed by atoms with Crippen LogP contribution in [0, 0.1) is 0 Å². The van der Waals surface area contributed by atoms with E-state index >= 15 is 0 Å². The van der Waals surface area contributed by atoms with Crippen LogP contribution in [0.25, 0.3) is 0 Å². The molecule has 0 saturated heterocycles. The number of hydrazone groups is 1. The number of halogens is 1.